The number of ether oxygens (including phenoxy) is 1. The number of likely N-dealkylation sites (N-methyl/N-ethyl adjacent to an activating group) is 1. The maximum absolute atomic E-state index is 15.5. The van der Waals surface area contributed by atoms with Gasteiger partial charge in [-0.2, -0.15) is 0 Å². The zero-order valence-corrected chi connectivity index (χ0v) is 53.6. The number of hydrogen-bond acceptors (Lipinski definition) is 8. The maximum Gasteiger partial charge on any atom is 0.253 e. The van der Waals surface area contributed by atoms with Crippen LogP contribution in [-0.2, 0) is 28.7 Å². The van der Waals surface area contributed by atoms with Crippen molar-refractivity contribution in [2.24, 2.45) is 22.7 Å². The molecule has 0 aromatic carbocycles. The summed E-state index contributed by atoms with van der Waals surface area (Å²) in [6.45, 7) is 3.58. The molecule has 4 atom stereocenters. The number of likely N-dealkylation sites (tertiary alicyclic amines) is 1. The lowest BCUT2D eigenvalue weighted by atomic mass is 8.57. The van der Waals surface area contributed by atoms with Crippen molar-refractivity contribution in [1.82, 2.24) is 9.80 Å². The van der Waals surface area contributed by atoms with E-state index in [1.54, 1.807) is 38.1 Å². The topological polar surface area (TPSA) is 131 Å². The molecule has 11 rings (SSSR count). The van der Waals surface area contributed by atoms with Crippen LogP contribution in [0.25, 0.3) is 0 Å². The Morgan fingerprint density at radius 2 is 0.883 bits per heavy atom. The molecule has 94 heavy (non-hydrogen) atoms. The zero-order chi connectivity index (χ0) is 69.1. The number of Topliss-reactive ketones (excluding diaryl/α,β-unsaturated/α-hetero) is 2. The molecule has 1 aromatic rings. The quantitative estimate of drug-likeness (QED) is 0.0289. The fraction of sp³-hybridized carbons (Fsp3) is 0.409. The second kappa shape index (κ2) is 30.3. The van der Waals surface area contributed by atoms with Crippen molar-refractivity contribution in [2.45, 2.75) is 76.9 Å². The van der Waals surface area contributed by atoms with Gasteiger partial charge in [-0.3, -0.25) is 38.6 Å². The van der Waals surface area contributed by atoms with E-state index < -0.39 is 124 Å². The molecule has 10 nitrogen and oxygen atoms in total. The summed E-state index contributed by atoms with van der Waals surface area (Å²) in [5, 5.41) is 0. The van der Waals surface area contributed by atoms with Crippen LogP contribution in [0.1, 0.15) is 75.8 Å². The zero-order valence-electron chi connectivity index (χ0n) is 53.6. The number of furan rings is 1. The number of fused-ring (bicyclic) bond motifs is 5. The SMILES string of the molecule is CCN1C(=O)C=CC1=O.[B]B([B])B([B])B(B([B])[B])B1C=C1CC(CC1=CC1)(CC1=CB1B(B([B])[B])B([B])B([B])[B])C(=O)C12C=CC(O1)C1C(=O)N(CC)C(=O)C12.[B]B([B])B([B])B(B([B])[B])B1C=C1CC(CC1=CC1)(CC1=CB1B(B([B])[B])B([B])B([B])[B])C(=O)c1ccco1. The average Bonchev–Trinajstić information content (AvgIpc) is 1.51. The standard InChI is InChI=1S/C22H21B20NO4.C16H14B20O2.C6H7NO2/c1-2-43-18(44)16-15-5-6-22(47-15,17(16)19(43)45)20(46)21(7-12-3-4-12,8-13-10-33(13)41(37(27)28)39(31)35(23)24)9-14-11-34(14)42(38(29)30)40(32)36(25)26;17-29(18)33(25)35(31(21)22)27-9-12(27)7-16(6-11-3-4-11,15(37)14-2-1-5-38-14)8-13-10-28(13)36(32(23)24)34(26)30(19)20;1-2-7-5(8)3-4-6(7)9/h3,5-6,10-11,15-17H,2,4,7-9H2,1H3;1-3,5,9-10H,4,6-8H2;3-4H,2H2,1H3. The normalized spacial score (nSPS) is 20.7. The summed E-state index contributed by atoms with van der Waals surface area (Å²) < 4.78 is 12.0. The number of rotatable bonds is 34. The van der Waals surface area contributed by atoms with Crippen LogP contribution >= 0.6 is 0 Å². The minimum Gasteiger partial charge on any atom is -0.461 e. The molecule has 2 fully saturated rings. The first-order valence-electron chi connectivity index (χ1n) is 32.4. The largest absolute Gasteiger partial charge is 0.461 e. The van der Waals surface area contributed by atoms with Gasteiger partial charge in [0.1, 0.15) is 26.4 Å². The smallest absolute Gasteiger partial charge is 0.253 e. The first-order valence-corrected chi connectivity index (χ1v) is 32.4. The molecule has 8 aliphatic heterocycles. The molecular weight excluding hydrogens is 1120 g/mol. The molecule has 9 heterocycles. The van der Waals surface area contributed by atoms with Crippen LogP contribution in [0.3, 0.4) is 0 Å². The van der Waals surface area contributed by atoms with Crippen LogP contribution in [-0.4, -0.2) is 353 Å². The van der Waals surface area contributed by atoms with Crippen molar-refractivity contribution < 1.29 is 37.9 Å². The van der Waals surface area contributed by atoms with E-state index in [0.717, 1.165) is 40.3 Å². The average molecular weight is 1160 g/mol. The Morgan fingerprint density at radius 3 is 1.19 bits per heavy atom. The summed E-state index contributed by atoms with van der Waals surface area (Å²) in [6, 6.07) is 3.41. The van der Waals surface area contributed by atoms with Gasteiger partial charge in [-0.05, 0) is 83.4 Å². The van der Waals surface area contributed by atoms with E-state index in [1.807, 2.05) is 12.0 Å². The van der Waals surface area contributed by atoms with Gasteiger partial charge in [-0.15, -0.1) is 45.8 Å². The molecule has 0 spiro atoms. The van der Waals surface area contributed by atoms with Crippen molar-refractivity contribution >= 4 is 319 Å². The third-order valence-corrected chi connectivity index (χ3v) is 20.8. The predicted octanol–water partition coefficient (Wildman–Crippen LogP) is -9.22. The Kier molecular flexibility index (Phi) is 24.4. The fourth-order valence-corrected chi connectivity index (χ4v) is 15.4. The summed E-state index contributed by atoms with van der Waals surface area (Å²) >= 11 is 0. The van der Waals surface area contributed by atoms with E-state index >= 15 is 4.79 Å². The predicted molar refractivity (Wildman–Crippen MR) is 426 cm³/mol. The highest BCUT2D eigenvalue weighted by atomic mass is 16.5. The lowest BCUT2D eigenvalue weighted by molar-refractivity contribution is -0.155. The highest BCUT2D eigenvalue weighted by Crippen LogP contribution is 2.59. The molecule has 0 saturated carbocycles. The van der Waals surface area contributed by atoms with Crippen LogP contribution in [0.5, 0.6) is 0 Å². The lowest BCUT2D eigenvalue weighted by Crippen LogP contribution is -2.64. The molecule has 2 bridgehead atoms. The number of imide groups is 2. The summed E-state index contributed by atoms with van der Waals surface area (Å²) in [4.78, 5) is 80.3. The Labute approximate surface area is 592 Å². The Bertz CT molecular complexity index is 3220. The molecule has 40 radical (unpaired) electrons. The molecule has 4 unspecified atom stereocenters. The summed E-state index contributed by atoms with van der Waals surface area (Å²) in [7, 11) is 122. The second-order valence-electron chi connectivity index (χ2n) is 27.6. The fourth-order valence-electron chi connectivity index (χ4n) is 15.4. The van der Waals surface area contributed by atoms with Crippen LogP contribution in [0.15, 0.2) is 116 Å². The number of ketones is 2. The van der Waals surface area contributed by atoms with Crippen molar-refractivity contribution in [3.05, 3.63) is 118 Å². The number of hydrogen-bond donors (Lipinski definition) is 0. The van der Waals surface area contributed by atoms with Crippen LogP contribution < -0.4 is 0 Å². The lowest BCUT2D eigenvalue weighted by Gasteiger charge is -2.40. The van der Waals surface area contributed by atoms with Gasteiger partial charge < -0.3 is 9.15 Å². The van der Waals surface area contributed by atoms with Gasteiger partial charge in [-0.25, -0.2) is 0 Å². The highest BCUT2D eigenvalue weighted by molar-refractivity contribution is 8.04. The number of amides is 4. The van der Waals surface area contributed by atoms with E-state index in [4.69, 9.17) is 164 Å². The number of nitrogens with zero attached hydrogens (tertiary/aromatic N) is 2. The molecule has 1 aromatic heterocycles. The Balaban J connectivity index is 0.000000198. The Hall–Kier alpha value is -2.62. The molecule has 396 valence electrons. The second-order valence-corrected chi connectivity index (χ2v) is 27.6. The third-order valence-electron chi connectivity index (χ3n) is 20.8. The van der Waals surface area contributed by atoms with Crippen LogP contribution in [0.4, 0.5) is 0 Å². The van der Waals surface area contributed by atoms with E-state index in [9.17, 15) is 24.0 Å². The van der Waals surface area contributed by atoms with Crippen LogP contribution in [0, 0.1) is 22.7 Å². The summed E-state index contributed by atoms with van der Waals surface area (Å²) in [5.41, 5.74) is 2.84. The minimum atomic E-state index is -1.60. The third kappa shape index (κ3) is 16.1. The Morgan fingerprint density at radius 1 is 0.521 bits per heavy atom. The molecule has 10 aliphatic rings. The van der Waals surface area contributed by atoms with Crippen molar-refractivity contribution in [1.29, 1.82) is 0 Å². The molecular formula is C44H42B40N2O8. The van der Waals surface area contributed by atoms with E-state index in [1.165, 1.54) is 33.8 Å². The first kappa shape index (κ1) is 75.6. The van der Waals surface area contributed by atoms with Crippen molar-refractivity contribution in [3.8, 4) is 0 Å². The van der Waals surface area contributed by atoms with E-state index in [-0.39, 0.29) is 80.9 Å². The van der Waals surface area contributed by atoms with Gasteiger partial charge in [-0.1, -0.05) is 29.4 Å². The number of allylic oxidation sites excluding steroid dienone is 8. The molecule has 50 heteroatoms. The van der Waals surface area contributed by atoms with E-state index in [0.29, 0.717) is 50.8 Å². The van der Waals surface area contributed by atoms with Crippen LogP contribution in [0.2, 0.25) is 0 Å². The molecule has 4 amide bonds. The maximum atomic E-state index is 15.5. The molecule has 2 aliphatic carbocycles. The number of carbonyl (C=O) groups is 6. The van der Waals surface area contributed by atoms with Gasteiger partial charge in [0, 0.05) is 293 Å². The minimum absolute atomic E-state index is 0.0738. The van der Waals surface area contributed by atoms with Gasteiger partial charge in [0.25, 0.3) is 11.8 Å². The van der Waals surface area contributed by atoms with Crippen molar-refractivity contribution in [2.75, 3.05) is 13.1 Å². The monoisotopic (exact) mass is 1170 g/mol. The molecule has 0 N–H and O–H groups in total. The summed E-state index contributed by atoms with van der Waals surface area (Å²) in [6.07, 6.45) is 4.83. The number of carbonyl (C=O) groups excluding carboxylic acids is 6. The molecule has 2 saturated heterocycles. The van der Waals surface area contributed by atoms with Gasteiger partial charge >= 0.3 is 0 Å². The first-order chi connectivity index (χ1) is 44.2. The van der Waals surface area contributed by atoms with Gasteiger partial charge in [0.05, 0.1) is 24.2 Å². The van der Waals surface area contributed by atoms with Crippen molar-refractivity contribution in [3.63, 3.8) is 0 Å². The highest BCUT2D eigenvalue weighted by Gasteiger charge is 2.72. The van der Waals surface area contributed by atoms with Gasteiger partial charge in [0.2, 0.25) is 17.6 Å². The van der Waals surface area contributed by atoms with Gasteiger partial charge in [0.15, 0.2) is 17.1 Å². The summed E-state index contributed by atoms with van der Waals surface area (Å²) in [5.74, 6) is 5.33. The van der Waals surface area contributed by atoms with E-state index in [2.05, 4.69) is 24.1 Å².